The minimum absolute atomic E-state index is 0.146. The SMILES string of the molecule is Cc1ccc(Cl)cc1S(=O)(=O)NC1CCN(CC(N)=O)CC1. The van der Waals surface area contributed by atoms with Crippen LogP contribution in [0.2, 0.25) is 5.02 Å². The minimum atomic E-state index is -3.60. The third kappa shape index (κ3) is 4.42. The molecule has 8 heteroatoms. The van der Waals surface area contributed by atoms with Crippen molar-refractivity contribution in [3.05, 3.63) is 28.8 Å². The highest BCUT2D eigenvalue weighted by Crippen LogP contribution is 2.21. The van der Waals surface area contributed by atoms with Gasteiger partial charge in [-0.05, 0) is 37.5 Å². The fraction of sp³-hybridized carbons (Fsp3) is 0.500. The summed E-state index contributed by atoms with van der Waals surface area (Å²) in [6, 6.07) is 4.67. The molecule has 0 spiro atoms. The third-order valence-corrected chi connectivity index (χ3v) is 5.63. The van der Waals surface area contributed by atoms with Crippen LogP contribution in [0.15, 0.2) is 23.1 Å². The van der Waals surface area contributed by atoms with E-state index in [1.165, 1.54) is 6.07 Å². The third-order valence-electron chi connectivity index (χ3n) is 3.73. The van der Waals surface area contributed by atoms with E-state index in [2.05, 4.69) is 4.72 Å². The molecular weight excluding hydrogens is 326 g/mol. The maximum absolute atomic E-state index is 12.5. The van der Waals surface area contributed by atoms with Gasteiger partial charge in [0, 0.05) is 24.2 Å². The van der Waals surface area contributed by atoms with Crippen LogP contribution in [0.4, 0.5) is 0 Å². The molecule has 22 heavy (non-hydrogen) atoms. The van der Waals surface area contributed by atoms with Crippen molar-refractivity contribution < 1.29 is 13.2 Å². The van der Waals surface area contributed by atoms with Crippen molar-refractivity contribution in [2.45, 2.75) is 30.7 Å². The summed E-state index contributed by atoms with van der Waals surface area (Å²) in [6.07, 6.45) is 1.29. The molecule has 0 aromatic heterocycles. The number of nitrogens with zero attached hydrogens (tertiary/aromatic N) is 1. The maximum atomic E-state index is 12.5. The van der Waals surface area contributed by atoms with E-state index in [1.807, 2.05) is 4.90 Å². The zero-order valence-electron chi connectivity index (χ0n) is 12.4. The molecule has 0 saturated carbocycles. The van der Waals surface area contributed by atoms with Gasteiger partial charge in [0.05, 0.1) is 11.4 Å². The molecule has 1 amide bonds. The number of primary amides is 1. The highest BCUT2D eigenvalue weighted by atomic mass is 35.5. The molecule has 1 aliphatic heterocycles. The maximum Gasteiger partial charge on any atom is 0.241 e. The summed E-state index contributed by atoms with van der Waals surface area (Å²) in [4.78, 5) is 13.0. The first kappa shape index (κ1) is 17.2. The molecule has 0 aliphatic carbocycles. The van der Waals surface area contributed by atoms with Gasteiger partial charge in [0.1, 0.15) is 0 Å². The Hall–Kier alpha value is -1.15. The molecule has 2 rings (SSSR count). The number of hydrogen-bond donors (Lipinski definition) is 2. The molecule has 1 aliphatic rings. The number of nitrogens with one attached hydrogen (secondary N) is 1. The number of likely N-dealkylation sites (tertiary alicyclic amines) is 1. The standard InChI is InChI=1S/C14H20ClN3O3S/c1-10-2-3-11(15)8-13(10)22(20,21)17-12-4-6-18(7-5-12)9-14(16)19/h2-3,8,12,17H,4-7,9H2,1H3,(H2,16,19). The number of carbonyl (C=O) groups excluding carboxylic acids is 1. The van der Waals surface area contributed by atoms with Crippen LogP contribution < -0.4 is 10.5 Å². The van der Waals surface area contributed by atoms with E-state index < -0.39 is 10.0 Å². The van der Waals surface area contributed by atoms with E-state index in [0.29, 0.717) is 36.5 Å². The number of sulfonamides is 1. The second-order valence-electron chi connectivity index (χ2n) is 5.55. The summed E-state index contributed by atoms with van der Waals surface area (Å²) < 4.78 is 27.7. The molecule has 6 nitrogen and oxygen atoms in total. The van der Waals surface area contributed by atoms with E-state index in [9.17, 15) is 13.2 Å². The van der Waals surface area contributed by atoms with Crippen molar-refractivity contribution in [2.75, 3.05) is 19.6 Å². The number of hydrogen-bond acceptors (Lipinski definition) is 4. The van der Waals surface area contributed by atoms with E-state index in [-0.39, 0.29) is 23.4 Å². The largest absolute Gasteiger partial charge is 0.369 e. The van der Waals surface area contributed by atoms with Crippen LogP contribution >= 0.6 is 11.6 Å². The van der Waals surface area contributed by atoms with Crippen molar-refractivity contribution >= 4 is 27.5 Å². The van der Waals surface area contributed by atoms with Crippen LogP contribution in [0.25, 0.3) is 0 Å². The predicted octanol–water partition coefficient (Wildman–Crippen LogP) is 0.876. The van der Waals surface area contributed by atoms with Crippen LogP contribution in [-0.2, 0) is 14.8 Å². The number of piperidine rings is 1. The van der Waals surface area contributed by atoms with Crippen LogP contribution in [0, 0.1) is 6.92 Å². The van der Waals surface area contributed by atoms with Gasteiger partial charge in [-0.2, -0.15) is 0 Å². The van der Waals surface area contributed by atoms with Crippen molar-refractivity contribution in [3.63, 3.8) is 0 Å². The van der Waals surface area contributed by atoms with Crippen LogP contribution in [0.1, 0.15) is 18.4 Å². The lowest BCUT2D eigenvalue weighted by molar-refractivity contribution is -0.119. The first-order chi connectivity index (χ1) is 10.3. The van der Waals surface area contributed by atoms with Crippen molar-refractivity contribution in [1.82, 2.24) is 9.62 Å². The Morgan fingerprint density at radius 1 is 1.41 bits per heavy atom. The number of aryl methyl sites for hydroxylation is 1. The zero-order chi connectivity index (χ0) is 16.3. The molecule has 1 heterocycles. The smallest absolute Gasteiger partial charge is 0.241 e. The van der Waals surface area contributed by atoms with E-state index in [1.54, 1.807) is 19.1 Å². The molecule has 1 aromatic rings. The van der Waals surface area contributed by atoms with Crippen molar-refractivity contribution in [3.8, 4) is 0 Å². The topological polar surface area (TPSA) is 92.5 Å². The Morgan fingerprint density at radius 3 is 2.64 bits per heavy atom. The quantitative estimate of drug-likeness (QED) is 0.828. The van der Waals surface area contributed by atoms with Crippen LogP contribution in [0.5, 0.6) is 0 Å². The van der Waals surface area contributed by atoms with Gasteiger partial charge in [0.25, 0.3) is 0 Å². The first-order valence-electron chi connectivity index (χ1n) is 7.07. The molecule has 0 radical (unpaired) electrons. The summed E-state index contributed by atoms with van der Waals surface area (Å²) >= 11 is 5.89. The fourth-order valence-corrected chi connectivity index (χ4v) is 4.39. The number of amides is 1. The fourth-order valence-electron chi connectivity index (χ4n) is 2.58. The van der Waals surface area contributed by atoms with E-state index >= 15 is 0 Å². The number of rotatable bonds is 5. The van der Waals surface area contributed by atoms with Crippen molar-refractivity contribution in [2.24, 2.45) is 5.73 Å². The van der Waals surface area contributed by atoms with Gasteiger partial charge < -0.3 is 5.73 Å². The Labute approximate surface area is 135 Å². The lowest BCUT2D eigenvalue weighted by Crippen LogP contribution is -2.46. The molecule has 0 unspecified atom stereocenters. The summed E-state index contributed by atoms with van der Waals surface area (Å²) in [5.74, 6) is -0.367. The van der Waals surface area contributed by atoms with E-state index in [4.69, 9.17) is 17.3 Å². The second-order valence-corrected chi connectivity index (χ2v) is 7.67. The first-order valence-corrected chi connectivity index (χ1v) is 8.93. The van der Waals surface area contributed by atoms with Gasteiger partial charge in [0.2, 0.25) is 15.9 Å². The average Bonchev–Trinajstić information content (AvgIpc) is 2.43. The Bertz CT molecular complexity index is 655. The van der Waals surface area contributed by atoms with Gasteiger partial charge in [-0.1, -0.05) is 17.7 Å². The van der Waals surface area contributed by atoms with Crippen molar-refractivity contribution in [1.29, 1.82) is 0 Å². The molecule has 0 atom stereocenters. The summed E-state index contributed by atoms with van der Waals surface area (Å²) in [6.45, 7) is 3.24. The van der Waals surface area contributed by atoms with Gasteiger partial charge in [-0.25, -0.2) is 13.1 Å². The summed E-state index contributed by atoms with van der Waals surface area (Å²) in [5.41, 5.74) is 5.82. The molecule has 1 saturated heterocycles. The summed E-state index contributed by atoms with van der Waals surface area (Å²) in [5, 5.41) is 0.391. The van der Waals surface area contributed by atoms with Gasteiger partial charge in [-0.3, -0.25) is 9.69 Å². The lowest BCUT2D eigenvalue weighted by Gasteiger charge is -2.31. The molecular formula is C14H20ClN3O3S. The average molecular weight is 346 g/mol. The highest BCUT2D eigenvalue weighted by molar-refractivity contribution is 7.89. The molecule has 3 N–H and O–H groups in total. The van der Waals surface area contributed by atoms with Gasteiger partial charge in [-0.15, -0.1) is 0 Å². The molecule has 1 aromatic carbocycles. The minimum Gasteiger partial charge on any atom is -0.369 e. The molecule has 122 valence electrons. The van der Waals surface area contributed by atoms with Gasteiger partial charge >= 0.3 is 0 Å². The predicted molar refractivity (Wildman–Crippen MR) is 85.2 cm³/mol. The Kier molecular flexibility index (Phi) is 5.44. The Morgan fingerprint density at radius 2 is 2.05 bits per heavy atom. The molecule has 1 fully saturated rings. The zero-order valence-corrected chi connectivity index (χ0v) is 14.0. The Balaban J connectivity index is 2.02. The number of halogens is 1. The van der Waals surface area contributed by atoms with Crippen LogP contribution in [-0.4, -0.2) is 44.9 Å². The number of carbonyl (C=O) groups is 1. The monoisotopic (exact) mass is 345 g/mol. The number of benzene rings is 1. The lowest BCUT2D eigenvalue weighted by atomic mass is 10.1. The van der Waals surface area contributed by atoms with Crippen LogP contribution in [0.3, 0.4) is 0 Å². The number of nitrogens with two attached hydrogens (primary N) is 1. The van der Waals surface area contributed by atoms with Gasteiger partial charge in [0.15, 0.2) is 0 Å². The summed E-state index contributed by atoms with van der Waals surface area (Å²) in [7, 11) is -3.60. The van der Waals surface area contributed by atoms with E-state index in [0.717, 1.165) is 0 Å². The highest BCUT2D eigenvalue weighted by Gasteiger charge is 2.26. The second kappa shape index (κ2) is 6.95. The normalized spacial score (nSPS) is 17.5. The molecule has 0 bridgehead atoms.